The second-order valence-corrected chi connectivity index (χ2v) is 6.68. The first-order valence-corrected chi connectivity index (χ1v) is 7.04. The van der Waals surface area contributed by atoms with Gasteiger partial charge in [0.25, 0.3) is 0 Å². The van der Waals surface area contributed by atoms with E-state index in [2.05, 4.69) is 38.2 Å². The number of allylic oxidation sites excluding steroid dienone is 2. The Morgan fingerprint density at radius 2 is 2.17 bits per heavy atom. The van der Waals surface area contributed by atoms with Gasteiger partial charge in [0.05, 0.1) is 0 Å². The van der Waals surface area contributed by atoms with Crippen LogP contribution in [0.2, 0.25) is 0 Å². The van der Waals surface area contributed by atoms with E-state index in [1.807, 2.05) is 0 Å². The molecule has 18 heavy (non-hydrogen) atoms. The first kappa shape index (κ1) is 15.2. The molecule has 3 heteroatoms. The zero-order valence-corrected chi connectivity index (χ0v) is 12.0. The fraction of sp³-hybridized carbons (Fsp3) is 0.800. The summed E-state index contributed by atoms with van der Waals surface area (Å²) in [6.45, 7) is 7.25. The van der Waals surface area contributed by atoms with Crippen LogP contribution in [0.4, 0.5) is 0 Å². The smallest absolute Gasteiger partial charge is 0.221 e. The quantitative estimate of drug-likeness (QED) is 0.739. The van der Waals surface area contributed by atoms with Crippen LogP contribution < -0.4 is 11.1 Å². The van der Waals surface area contributed by atoms with Crippen LogP contribution >= 0.6 is 0 Å². The molecule has 0 bridgehead atoms. The van der Waals surface area contributed by atoms with Gasteiger partial charge in [-0.05, 0) is 37.0 Å². The van der Waals surface area contributed by atoms with Crippen molar-refractivity contribution in [2.75, 3.05) is 6.54 Å². The van der Waals surface area contributed by atoms with Gasteiger partial charge in [0.2, 0.25) is 5.91 Å². The van der Waals surface area contributed by atoms with E-state index in [-0.39, 0.29) is 17.4 Å². The average molecular weight is 252 g/mol. The molecule has 1 aliphatic rings. The molecule has 0 aliphatic heterocycles. The second kappa shape index (κ2) is 6.93. The van der Waals surface area contributed by atoms with Crippen LogP contribution in [-0.2, 0) is 4.79 Å². The van der Waals surface area contributed by atoms with Gasteiger partial charge in [0.15, 0.2) is 0 Å². The normalized spacial score (nSPS) is 21.7. The maximum atomic E-state index is 11.8. The first-order chi connectivity index (χ1) is 8.37. The van der Waals surface area contributed by atoms with Gasteiger partial charge in [-0.2, -0.15) is 0 Å². The summed E-state index contributed by atoms with van der Waals surface area (Å²) in [6, 6.07) is -0.0312. The van der Waals surface area contributed by atoms with Crippen LogP contribution in [-0.4, -0.2) is 18.5 Å². The highest BCUT2D eigenvalue weighted by molar-refractivity contribution is 5.76. The summed E-state index contributed by atoms with van der Waals surface area (Å²) >= 11 is 0. The monoisotopic (exact) mass is 252 g/mol. The third-order valence-electron chi connectivity index (χ3n) is 3.29. The highest BCUT2D eigenvalue weighted by Crippen LogP contribution is 2.21. The van der Waals surface area contributed by atoms with E-state index in [0.717, 1.165) is 25.8 Å². The van der Waals surface area contributed by atoms with E-state index < -0.39 is 0 Å². The summed E-state index contributed by atoms with van der Waals surface area (Å²) in [6.07, 6.45) is 9.18. The number of carbonyl (C=O) groups is 1. The molecule has 2 atom stereocenters. The lowest BCUT2D eigenvalue weighted by molar-refractivity contribution is -0.121. The van der Waals surface area contributed by atoms with Crippen LogP contribution in [0.15, 0.2) is 12.2 Å². The van der Waals surface area contributed by atoms with Gasteiger partial charge < -0.3 is 11.1 Å². The Bertz CT molecular complexity index is 291. The first-order valence-electron chi connectivity index (χ1n) is 7.04. The molecule has 1 amide bonds. The molecule has 1 rings (SSSR count). The molecule has 104 valence electrons. The van der Waals surface area contributed by atoms with Crippen molar-refractivity contribution < 1.29 is 4.79 Å². The molecule has 2 unspecified atom stereocenters. The minimum atomic E-state index is -0.0312. The van der Waals surface area contributed by atoms with Crippen molar-refractivity contribution >= 4 is 5.91 Å². The number of nitrogens with one attached hydrogen (secondary N) is 1. The van der Waals surface area contributed by atoms with Crippen LogP contribution in [0, 0.1) is 11.3 Å². The second-order valence-electron chi connectivity index (χ2n) is 6.68. The largest absolute Gasteiger partial charge is 0.356 e. The van der Waals surface area contributed by atoms with Crippen molar-refractivity contribution in [2.45, 2.75) is 58.9 Å². The van der Waals surface area contributed by atoms with Crippen molar-refractivity contribution in [2.24, 2.45) is 17.1 Å². The van der Waals surface area contributed by atoms with Gasteiger partial charge in [-0.1, -0.05) is 32.9 Å². The summed E-state index contributed by atoms with van der Waals surface area (Å²) in [4.78, 5) is 11.8. The molecular weight excluding hydrogens is 224 g/mol. The third kappa shape index (κ3) is 6.80. The summed E-state index contributed by atoms with van der Waals surface area (Å²) < 4.78 is 0. The number of carbonyl (C=O) groups excluding carboxylic acids is 1. The molecule has 0 aromatic rings. The van der Waals surface area contributed by atoms with Crippen molar-refractivity contribution in [3.8, 4) is 0 Å². The maximum absolute atomic E-state index is 11.8. The Balaban J connectivity index is 2.18. The number of hydrogen-bond donors (Lipinski definition) is 2. The molecular formula is C15H28N2O. The molecule has 0 aromatic carbocycles. The van der Waals surface area contributed by atoms with Crippen molar-refractivity contribution in [3.05, 3.63) is 12.2 Å². The topological polar surface area (TPSA) is 55.1 Å². The molecule has 0 spiro atoms. The lowest BCUT2D eigenvalue weighted by Crippen LogP contribution is -2.36. The molecule has 0 saturated carbocycles. The van der Waals surface area contributed by atoms with Crippen LogP contribution in [0.25, 0.3) is 0 Å². The zero-order valence-electron chi connectivity index (χ0n) is 12.0. The van der Waals surface area contributed by atoms with E-state index >= 15 is 0 Å². The predicted octanol–water partition coefficient (Wildman–Crippen LogP) is 2.61. The van der Waals surface area contributed by atoms with E-state index in [1.165, 1.54) is 6.42 Å². The van der Waals surface area contributed by atoms with Crippen molar-refractivity contribution in [1.82, 2.24) is 5.32 Å². The van der Waals surface area contributed by atoms with Crippen LogP contribution in [0.3, 0.4) is 0 Å². The fourth-order valence-electron chi connectivity index (χ4n) is 2.47. The van der Waals surface area contributed by atoms with Gasteiger partial charge in [-0.3, -0.25) is 4.79 Å². The number of hydrogen-bond acceptors (Lipinski definition) is 2. The standard InChI is InChI=1S/C15H28N2O/c1-15(2,3)10-13(16)9-14(18)17-11-12-7-5-4-6-8-12/h4-5,12-13H,6-11,16H2,1-3H3,(H,17,18). The highest BCUT2D eigenvalue weighted by atomic mass is 16.1. The zero-order chi connectivity index (χ0) is 13.6. The molecule has 0 saturated heterocycles. The SMILES string of the molecule is CC(C)(C)CC(N)CC(=O)NCC1CC=CCC1. The molecule has 3 N–H and O–H groups in total. The molecule has 0 aromatic heterocycles. The number of amides is 1. The molecule has 0 radical (unpaired) electrons. The number of nitrogens with two attached hydrogens (primary N) is 1. The Labute approximate surface area is 111 Å². The molecule has 1 aliphatic carbocycles. The average Bonchev–Trinajstić information content (AvgIpc) is 2.25. The molecule has 0 fully saturated rings. The summed E-state index contributed by atoms with van der Waals surface area (Å²) in [7, 11) is 0. The maximum Gasteiger partial charge on any atom is 0.221 e. The van der Waals surface area contributed by atoms with Gasteiger partial charge in [-0.25, -0.2) is 0 Å². The van der Waals surface area contributed by atoms with Gasteiger partial charge >= 0.3 is 0 Å². The van der Waals surface area contributed by atoms with Crippen LogP contribution in [0.5, 0.6) is 0 Å². The molecule has 3 nitrogen and oxygen atoms in total. The van der Waals surface area contributed by atoms with Crippen LogP contribution in [0.1, 0.15) is 52.9 Å². The summed E-state index contributed by atoms with van der Waals surface area (Å²) in [5.74, 6) is 0.707. The van der Waals surface area contributed by atoms with E-state index in [9.17, 15) is 4.79 Å². The Morgan fingerprint density at radius 3 is 2.72 bits per heavy atom. The van der Waals surface area contributed by atoms with Gasteiger partial charge in [-0.15, -0.1) is 0 Å². The Hall–Kier alpha value is -0.830. The van der Waals surface area contributed by atoms with E-state index in [1.54, 1.807) is 0 Å². The van der Waals surface area contributed by atoms with Gasteiger partial charge in [0.1, 0.15) is 0 Å². The number of rotatable bonds is 5. The van der Waals surface area contributed by atoms with Crippen molar-refractivity contribution in [1.29, 1.82) is 0 Å². The third-order valence-corrected chi connectivity index (χ3v) is 3.29. The van der Waals surface area contributed by atoms with Crippen molar-refractivity contribution in [3.63, 3.8) is 0 Å². The highest BCUT2D eigenvalue weighted by Gasteiger charge is 2.18. The van der Waals surface area contributed by atoms with E-state index in [0.29, 0.717) is 12.3 Å². The minimum Gasteiger partial charge on any atom is -0.356 e. The fourth-order valence-corrected chi connectivity index (χ4v) is 2.47. The summed E-state index contributed by atoms with van der Waals surface area (Å²) in [5.41, 5.74) is 6.19. The lowest BCUT2D eigenvalue weighted by atomic mass is 9.87. The Morgan fingerprint density at radius 1 is 1.44 bits per heavy atom. The molecule has 0 heterocycles. The Kier molecular flexibility index (Phi) is 5.86. The lowest BCUT2D eigenvalue weighted by Gasteiger charge is -2.23. The van der Waals surface area contributed by atoms with E-state index in [4.69, 9.17) is 5.73 Å². The van der Waals surface area contributed by atoms with Gasteiger partial charge in [0, 0.05) is 19.0 Å². The summed E-state index contributed by atoms with van der Waals surface area (Å²) in [5, 5.41) is 3.02. The predicted molar refractivity (Wildman–Crippen MR) is 76.2 cm³/mol. The minimum absolute atomic E-state index is 0.0312.